The van der Waals surface area contributed by atoms with Crippen LogP contribution in [0.5, 0.6) is 0 Å². The van der Waals surface area contributed by atoms with Crippen molar-refractivity contribution in [1.82, 2.24) is 15.0 Å². The smallest absolute Gasteiger partial charge is 0.275 e. The number of amides is 1. The first-order valence-corrected chi connectivity index (χ1v) is 9.41. The number of rotatable bonds is 4. The van der Waals surface area contributed by atoms with E-state index in [1.54, 1.807) is 18.3 Å². The van der Waals surface area contributed by atoms with Crippen LogP contribution in [0.4, 0.5) is 11.8 Å². The number of aromatic nitrogens is 3. The third kappa shape index (κ3) is 4.56. The standard InChI is InChI=1S/C20H27N5O/c1-14(2)16-12-17(19(26)24-18-9-8-15(3)13-21-18)23-20(22-16)25-10-6-4-5-7-11-25/h8-9,12-14H,4-7,10-11H2,1-3H3,(H,21,24,26). The Kier molecular flexibility index (Phi) is 5.81. The van der Waals surface area contributed by atoms with E-state index in [0.717, 1.165) is 37.2 Å². The average Bonchev–Trinajstić information content (AvgIpc) is 2.92. The van der Waals surface area contributed by atoms with E-state index in [-0.39, 0.29) is 11.8 Å². The van der Waals surface area contributed by atoms with E-state index in [9.17, 15) is 4.79 Å². The SMILES string of the molecule is Cc1ccc(NC(=O)c2cc(C(C)C)nc(N3CCCCCC3)n2)nc1. The zero-order valence-corrected chi connectivity index (χ0v) is 15.8. The van der Waals surface area contributed by atoms with E-state index in [1.165, 1.54) is 12.8 Å². The fourth-order valence-corrected chi connectivity index (χ4v) is 3.00. The molecule has 0 aliphatic carbocycles. The highest BCUT2D eigenvalue weighted by molar-refractivity contribution is 6.02. The molecular formula is C20H27N5O. The van der Waals surface area contributed by atoms with Crippen LogP contribution in [0.25, 0.3) is 0 Å². The Balaban J connectivity index is 1.87. The number of carbonyl (C=O) groups is 1. The molecule has 6 nitrogen and oxygen atoms in total. The molecule has 1 aliphatic rings. The second kappa shape index (κ2) is 8.25. The second-order valence-corrected chi connectivity index (χ2v) is 7.21. The summed E-state index contributed by atoms with van der Waals surface area (Å²) in [5.74, 6) is 1.18. The van der Waals surface area contributed by atoms with Gasteiger partial charge in [-0.1, -0.05) is 32.8 Å². The summed E-state index contributed by atoms with van der Waals surface area (Å²) in [6.07, 6.45) is 6.51. The van der Waals surface area contributed by atoms with E-state index < -0.39 is 0 Å². The Labute approximate surface area is 155 Å². The summed E-state index contributed by atoms with van der Waals surface area (Å²) in [5.41, 5.74) is 2.34. The number of pyridine rings is 1. The molecule has 26 heavy (non-hydrogen) atoms. The van der Waals surface area contributed by atoms with Gasteiger partial charge >= 0.3 is 0 Å². The molecule has 1 saturated heterocycles. The van der Waals surface area contributed by atoms with Gasteiger partial charge in [-0.05, 0) is 43.4 Å². The molecule has 3 rings (SSSR count). The maximum absolute atomic E-state index is 12.7. The number of hydrogen-bond acceptors (Lipinski definition) is 5. The van der Waals surface area contributed by atoms with E-state index in [0.29, 0.717) is 17.5 Å². The largest absolute Gasteiger partial charge is 0.341 e. The molecule has 1 N–H and O–H groups in total. The molecule has 0 unspecified atom stereocenters. The Morgan fingerprint density at radius 2 is 1.85 bits per heavy atom. The average molecular weight is 353 g/mol. The van der Waals surface area contributed by atoms with Gasteiger partial charge in [-0.3, -0.25) is 4.79 Å². The van der Waals surface area contributed by atoms with Crippen LogP contribution in [0, 0.1) is 6.92 Å². The van der Waals surface area contributed by atoms with Crippen molar-refractivity contribution in [3.63, 3.8) is 0 Å². The van der Waals surface area contributed by atoms with Gasteiger partial charge in [0.2, 0.25) is 5.95 Å². The highest BCUT2D eigenvalue weighted by Crippen LogP contribution is 2.20. The van der Waals surface area contributed by atoms with Gasteiger partial charge in [0.25, 0.3) is 5.91 Å². The van der Waals surface area contributed by atoms with Crippen LogP contribution < -0.4 is 10.2 Å². The lowest BCUT2D eigenvalue weighted by molar-refractivity contribution is 0.102. The lowest BCUT2D eigenvalue weighted by Gasteiger charge is -2.22. The van der Waals surface area contributed by atoms with Crippen molar-refractivity contribution in [2.24, 2.45) is 0 Å². The number of nitrogens with one attached hydrogen (secondary N) is 1. The van der Waals surface area contributed by atoms with E-state index in [1.807, 2.05) is 13.0 Å². The summed E-state index contributed by atoms with van der Waals surface area (Å²) in [6, 6.07) is 5.51. The molecular weight excluding hydrogens is 326 g/mol. The maximum atomic E-state index is 12.7. The Hall–Kier alpha value is -2.50. The topological polar surface area (TPSA) is 71.0 Å². The van der Waals surface area contributed by atoms with Crippen LogP contribution in [-0.2, 0) is 0 Å². The molecule has 0 bridgehead atoms. The summed E-state index contributed by atoms with van der Waals surface area (Å²) in [6.45, 7) is 8.02. The molecule has 0 saturated carbocycles. The zero-order valence-electron chi connectivity index (χ0n) is 15.8. The summed E-state index contributed by atoms with van der Waals surface area (Å²) in [7, 11) is 0. The monoisotopic (exact) mass is 353 g/mol. The summed E-state index contributed by atoms with van der Waals surface area (Å²) < 4.78 is 0. The minimum Gasteiger partial charge on any atom is -0.341 e. The van der Waals surface area contributed by atoms with Crippen molar-refractivity contribution < 1.29 is 4.79 Å². The van der Waals surface area contributed by atoms with Crippen molar-refractivity contribution in [2.75, 3.05) is 23.3 Å². The predicted molar refractivity (Wildman–Crippen MR) is 104 cm³/mol. The van der Waals surface area contributed by atoms with Crippen molar-refractivity contribution in [1.29, 1.82) is 0 Å². The Bertz CT molecular complexity index is 749. The van der Waals surface area contributed by atoms with E-state index >= 15 is 0 Å². The van der Waals surface area contributed by atoms with Gasteiger partial charge < -0.3 is 10.2 Å². The van der Waals surface area contributed by atoms with Crippen LogP contribution >= 0.6 is 0 Å². The fourth-order valence-electron chi connectivity index (χ4n) is 3.00. The molecule has 2 aromatic heterocycles. The fraction of sp³-hybridized carbons (Fsp3) is 0.500. The number of hydrogen-bond donors (Lipinski definition) is 1. The van der Waals surface area contributed by atoms with Gasteiger partial charge in [-0.2, -0.15) is 0 Å². The summed E-state index contributed by atoms with van der Waals surface area (Å²) >= 11 is 0. The normalized spacial score (nSPS) is 15.0. The number of aryl methyl sites for hydroxylation is 1. The lowest BCUT2D eigenvalue weighted by atomic mass is 10.1. The molecule has 6 heteroatoms. The maximum Gasteiger partial charge on any atom is 0.275 e. The van der Waals surface area contributed by atoms with E-state index in [4.69, 9.17) is 4.98 Å². The van der Waals surface area contributed by atoms with Crippen molar-refractivity contribution in [2.45, 2.75) is 52.4 Å². The van der Waals surface area contributed by atoms with Crippen LogP contribution in [0.1, 0.15) is 67.2 Å². The highest BCUT2D eigenvalue weighted by Gasteiger charge is 2.18. The Morgan fingerprint density at radius 3 is 2.46 bits per heavy atom. The quantitative estimate of drug-likeness (QED) is 0.901. The van der Waals surface area contributed by atoms with Crippen molar-refractivity contribution >= 4 is 17.7 Å². The molecule has 2 aromatic rings. The first-order chi connectivity index (χ1) is 12.5. The summed E-state index contributed by atoms with van der Waals surface area (Å²) in [4.78, 5) is 28.5. The molecule has 1 amide bonds. The van der Waals surface area contributed by atoms with Crippen LogP contribution in [-0.4, -0.2) is 33.9 Å². The van der Waals surface area contributed by atoms with E-state index in [2.05, 4.69) is 34.0 Å². The first kappa shape index (κ1) is 18.3. The van der Waals surface area contributed by atoms with Crippen LogP contribution in [0.2, 0.25) is 0 Å². The molecule has 0 aromatic carbocycles. The minimum absolute atomic E-state index is 0.229. The molecule has 0 spiro atoms. The highest BCUT2D eigenvalue weighted by atomic mass is 16.1. The van der Waals surface area contributed by atoms with Crippen molar-refractivity contribution in [3.05, 3.63) is 41.3 Å². The van der Waals surface area contributed by atoms with Gasteiger partial charge in [0.15, 0.2) is 0 Å². The van der Waals surface area contributed by atoms with Crippen LogP contribution in [0.15, 0.2) is 24.4 Å². The number of anilines is 2. The third-order valence-corrected chi connectivity index (χ3v) is 4.60. The van der Waals surface area contributed by atoms with Gasteiger partial charge in [-0.25, -0.2) is 15.0 Å². The molecule has 0 radical (unpaired) electrons. The molecule has 0 atom stereocenters. The number of carbonyl (C=O) groups excluding carboxylic acids is 1. The minimum atomic E-state index is -0.248. The zero-order chi connectivity index (χ0) is 18.5. The number of nitrogens with zero attached hydrogens (tertiary/aromatic N) is 4. The van der Waals surface area contributed by atoms with Crippen LogP contribution in [0.3, 0.4) is 0 Å². The van der Waals surface area contributed by atoms with Crippen molar-refractivity contribution in [3.8, 4) is 0 Å². The molecule has 1 aliphatic heterocycles. The molecule has 1 fully saturated rings. The van der Waals surface area contributed by atoms with Gasteiger partial charge in [0, 0.05) is 25.0 Å². The Morgan fingerprint density at radius 1 is 1.12 bits per heavy atom. The molecule has 138 valence electrons. The van der Waals surface area contributed by atoms with Gasteiger partial charge in [0.05, 0.1) is 0 Å². The first-order valence-electron chi connectivity index (χ1n) is 9.41. The molecule has 3 heterocycles. The lowest BCUT2D eigenvalue weighted by Crippen LogP contribution is -2.28. The predicted octanol–water partition coefficient (Wildman–Crippen LogP) is 3.94. The van der Waals surface area contributed by atoms with Gasteiger partial charge in [-0.15, -0.1) is 0 Å². The summed E-state index contributed by atoms with van der Waals surface area (Å²) in [5, 5.41) is 2.84. The third-order valence-electron chi connectivity index (χ3n) is 4.60. The second-order valence-electron chi connectivity index (χ2n) is 7.21. The van der Waals surface area contributed by atoms with Gasteiger partial charge in [0.1, 0.15) is 11.5 Å².